The SMILES string of the molecule is Cc1cc(C)cc(Oc2ccc(O)cc2C)c1. The molecule has 0 aromatic heterocycles. The molecule has 2 heteroatoms. The van der Waals surface area contributed by atoms with Crippen molar-refractivity contribution in [3.8, 4) is 17.2 Å². The number of aromatic hydroxyl groups is 1. The second-order valence-corrected chi connectivity index (χ2v) is 4.38. The maximum atomic E-state index is 9.34. The lowest BCUT2D eigenvalue weighted by Gasteiger charge is -2.10. The van der Waals surface area contributed by atoms with Gasteiger partial charge in [-0.1, -0.05) is 6.07 Å². The van der Waals surface area contributed by atoms with E-state index in [1.54, 1.807) is 18.2 Å². The predicted molar refractivity (Wildman–Crippen MR) is 68.8 cm³/mol. The molecule has 2 aromatic rings. The van der Waals surface area contributed by atoms with Crippen LogP contribution in [0.2, 0.25) is 0 Å². The molecule has 0 saturated heterocycles. The van der Waals surface area contributed by atoms with Crippen LogP contribution in [0.15, 0.2) is 36.4 Å². The van der Waals surface area contributed by atoms with Gasteiger partial charge in [0, 0.05) is 0 Å². The first kappa shape index (κ1) is 11.5. The summed E-state index contributed by atoms with van der Waals surface area (Å²) in [7, 11) is 0. The Labute approximate surface area is 101 Å². The molecule has 88 valence electrons. The van der Waals surface area contributed by atoms with Gasteiger partial charge >= 0.3 is 0 Å². The molecule has 0 amide bonds. The number of hydrogen-bond donors (Lipinski definition) is 1. The number of phenolic OH excluding ortho intramolecular Hbond substituents is 1. The van der Waals surface area contributed by atoms with Crippen LogP contribution in [0.3, 0.4) is 0 Å². The van der Waals surface area contributed by atoms with Gasteiger partial charge in [-0.05, 0) is 67.8 Å². The lowest BCUT2D eigenvalue weighted by molar-refractivity contribution is 0.461. The molecule has 2 aromatic carbocycles. The van der Waals surface area contributed by atoms with E-state index in [0.717, 1.165) is 17.1 Å². The Morgan fingerprint density at radius 3 is 2.12 bits per heavy atom. The summed E-state index contributed by atoms with van der Waals surface area (Å²) >= 11 is 0. The van der Waals surface area contributed by atoms with Crippen LogP contribution >= 0.6 is 0 Å². The van der Waals surface area contributed by atoms with E-state index in [1.165, 1.54) is 11.1 Å². The number of ether oxygens (including phenoxy) is 1. The molecule has 0 heterocycles. The number of benzene rings is 2. The third-order valence-corrected chi connectivity index (χ3v) is 2.58. The van der Waals surface area contributed by atoms with E-state index in [-0.39, 0.29) is 5.75 Å². The second-order valence-electron chi connectivity index (χ2n) is 4.38. The molecule has 0 radical (unpaired) electrons. The fourth-order valence-corrected chi connectivity index (χ4v) is 1.87. The van der Waals surface area contributed by atoms with Crippen LogP contribution < -0.4 is 4.74 Å². The molecular weight excluding hydrogens is 212 g/mol. The highest BCUT2D eigenvalue weighted by Gasteiger charge is 2.03. The molecule has 0 aliphatic carbocycles. The Balaban J connectivity index is 2.31. The summed E-state index contributed by atoms with van der Waals surface area (Å²) in [5, 5.41) is 9.34. The lowest BCUT2D eigenvalue weighted by atomic mass is 10.1. The minimum absolute atomic E-state index is 0.260. The molecular formula is C15H16O2. The van der Waals surface area contributed by atoms with Crippen molar-refractivity contribution >= 4 is 0 Å². The second kappa shape index (κ2) is 4.50. The van der Waals surface area contributed by atoms with Crippen LogP contribution in [-0.4, -0.2) is 5.11 Å². The monoisotopic (exact) mass is 228 g/mol. The van der Waals surface area contributed by atoms with E-state index in [0.29, 0.717) is 0 Å². The van der Waals surface area contributed by atoms with Crippen LogP contribution in [-0.2, 0) is 0 Å². The lowest BCUT2D eigenvalue weighted by Crippen LogP contribution is -1.89. The smallest absolute Gasteiger partial charge is 0.130 e. The van der Waals surface area contributed by atoms with Crippen molar-refractivity contribution in [3.05, 3.63) is 53.1 Å². The van der Waals surface area contributed by atoms with Crippen molar-refractivity contribution in [2.45, 2.75) is 20.8 Å². The van der Waals surface area contributed by atoms with Gasteiger partial charge in [-0.25, -0.2) is 0 Å². The Morgan fingerprint density at radius 1 is 0.882 bits per heavy atom. The first-order valence-electron chi connectivity index (χ1n) is 5.60. The zero-order chi connectivity index (χ0) is 12.4. The molecule has 2 rings (SSSR count). The maximum Gasteiger partial charge on any atom is 0.130 e. The average Bonchev–Trinajstić information content (AvgIpc) is 2.21. The van der Waals surface area contributed by atoms with Crippen LogP contribution in [0.5, 0.6) is 17.2 Å². The van der Waals surface area contributed by atoms with Crippen LogP contribution in [0.25, 0.3) is 0 Å². The van der Waals surface area contributed by atoms with Gasteiger partial charge in [0.2, 0.25) is 0 Å². The minimum Gasteiger partial charge on any atom is -0.508 e. The van der Waals surface area contributed by atoms with E-state index in [2.05, 4.69) is 6.07 Å². The highest BCUT2D eigenvalue weighted by Crippen LogP contribution is 2.28. The molecule has 0 aliphatic heterocycles. The molecule has 0 atom stereocenters. The van der Waals surface area contributed by atoms with Gasteiger partial charge in [0.25, 0.3) is 0 Å². The van der Waals surface area contributed by atoms with Gasteiger partial charge in [-0.2, -0.15) is 0 Å². The Hall–Kier alpha value is -1.96. The van der Waals surface area contributed by atoms with E-state index in [4.69, 9.17) is 4.74 Å². The standard InChI is InChI=1S/C15H16O2/c1-10-6-11(2)8-14(7-10)17-15-5-4-13(16)9-12(15)3/h4-9,16H,1-3H3. The summed E-state index contributed by atoms with van der Waals surface area (Å²) in [4.78, 5) is 0. The van der Waals surface area contributed by atoms with E-state index < -0.39 is 0 Å². The van der Waals surface area contributed by atoms with Gasteiger partial charge in [0.05, 0.1) is 0 Å². The Morgan fingerprint density at radius 2 is 1.53 bits per heavy atom. The molecule has 0 spiro atoms. The number of phenols is 1. The molecule has 0 saturated carbocycles. The van der Waals surface area contributed by atoms with Crippen molar-refractivity contribution in [2.24, 2.45) is 0 Å². The van der Waals surface area contributed by atoms with Gasteiger partial charge < -0.3 is 9.84 Å². The Kier molecular flexibility index (Phi) is 3.05. The van der Waals surface area contributed by atoms with E-state index >= 15 is 0 Å². The molecule has 1 N–H and O–H groups in total. The third kappa shape index (κ3) is 2.78. The van der Waals surface area contributed by atoms with Crippen molar-refractivity contribution in [1.82, 2.24) is 0 Å². The Bertz CT molecular complexity index is 524. The van der Waals surface area contributed by atoms with Crippen molar-refractivity contribution < 1.29 is 9.84 Å². The van der Waals surface area contributed by atoms with Crippen molar-refractivity contribution in [2.75, 3.05) is 0 Å². The van der Waals surface area contributed by atoms with Crippen LogP contribution in [0, 0.1) is 20.8 Å². The van der Waals surface area contributed by atoms with Gasteiger partial charge in [0.1, 0.15) is 17.2 Å². The van der Waals surface area contributed by atoms with Crippen LogP contribution in [0.4, 0.5) is 0 Å². The molecule has 0 fully saturated rings. The maximum absolute atomic E-state index is 9.34. The summed E-state index contributed by atoms with van der Waals surface area (Å²) in [6.07, 6.45) is 0. The largest absolute Gasteiger partial charge is 0.508 e. The summed E-state index contributed by atoms with van der Waals surface area (Å²) in [5.74, 6) is 1.86. The van der Waals surface area contributed by atoms with Gasteiger partial charge in [-0.3, -0.25) is 0 Å². The van der Waals surface area contributed by atoms with Crippen molar-refractivity contribution in [1.29, 1.82) is 0 Å². The van der Waals surface area contributed by atoms with Gasteiger partial charge in [-0.15, -0.1) is 0 Å². The quantitative estimate of drug-likeness (QED) is 0.838. The fourth-order valence-electron chi connectivity index (χ4n) is 1.87. The zero-order valence-electron chi connectivity index (χ0n) is 10.3. The van der Waals surface area contributed by atoms with E-state index in [1.807, 2.05) is 32.9 Å². The molecule has 0 bridgehead atoms. The number of aryl methyl sites for hydroxylation is 3. The first-order valence-corrected chi connectivity index (χ1v) is 5.60. The van der Waals surface area contributed by atoms with Crippen molar-refractivity contribution in [3.63, 3.8) is 0 Å². The molecule has 0 unspecified atom stereocenters. The van der Waals surface area contributed by atoms with Gasteiger partial charge in [0.15, 0.2) is 0 Å². The van der Waals surface area contributed by atoms with Crippen LogP contribution in [0.1, 0.15) is 16.7 Å². The number of rotatable bonds is 2. The summed E-state index contributed by atoms with van der Waals surface area (Å²) in [6.45, 7) is 6.00. The summed E-state index contributed by atoms with van der Waals surface area (Å²) in [5.41, 5.74) is 3.28. The summed E-state index contributed by atoms with van der Waals surface area (Å²) in [6, 6.07) is 11.2. The summed E-state index contributed by atoms with van der Waals surface area (Å²) < 4.78 is 5.81. The zero-order valence-corrected chi connectivity index (χ0v) is 10.3. The first-order chi connectivity index (χ1) is 8.04. The highest BCUT2D eigenvalue weighted by molar-refractivity contribution is 5.43. The number of hydrogen-bond acceptors (Lipinski definition) is 2. The normalized spacial score (nSPS) is 10.3. The molecule has 2 nitrogen and oxygen atoms in total. The highest BCUT2D eigenvalue weighted by atomic mass is 16.5. The topological polar surface area (TPSA) is 29.5 Å². The molecule has 17 heavy (non-hydrogen) atoms. The molecule has 0 aliphatic rings. The third-order valence-electron chi connectivity index (χ3n) is 2.58. The predicted octanol–water partition coefficient (Wildman–Crippen LogP) is 4.11. The fraction of sp³-hybridized carbons (Fsp3) is 0.200. The minimum atomic E-state index is 0.260. The van der Waals surface area contributed by atoms with E-state index in [9.17, 15) is 5.11 Å². The average molecular weight is 228 g/mol.